The zero-order valence-corrected chi connectivity index (χ0v) is 18.9. The van der Waals surface area contributed by atoms with E-state index in [4.69, 9.17) is 0 Å². The van der Waals surface area contributed by atoms with Crippen LogP contribution in [-0.2, 0) is 0 Å². The normalized spacial score (nSPS) is 11.3. The molecule has 3 heterocycles. The molecule has 3 aromatic carbocycles. The maximum absolute atomic E-state index is 14.4. The second-order valence-corrected chi connectivity index (χ2v) is 8.23. The molecule has 9 nitrogen and oxygen atoms in total. The smallest absolute Gasteiger partial charge is 0.263 e. The molecule has 0 aliphatic rings. The first-order chi connectivity index (χ1) is 17.5. The van der Waals surface area contributed by atoms with Crippen LogP contribution in [0.5, 0.6) is 0 Å². The van der Waals surface area contributed by atoms with Gasteiger partial charge in [-0.2, -0.15) is 19.9 Å². The molecule has 36 heavy (non-hydrogen) atoms. The van der Waals surface area contributed by atoms with Crippen molar-refractivity contribution < 1.29 is 9.18 Å². The fourth-order valence-corrected chi connectivity index (χ4v) is 4.08. The van der Waals surface area contributed by atoms with E-state index in [0.717, 1.165) is 10.8 Å². The van der Waals surface area contributed by atoms with Crippen LogP contribution in [0.1, 0.15) is 16.1 Å². The molecule has 0 atom stereocenters. The number of aromatic nitrogens is 6. The van der Waals surface area contributed by atoms with E-state index in [0.29, 0.717) is 17.1 Å². The van der Waals surface area contributed by atoms with Crippen molar-refractivity contribution in [1.29, 1.82) is 0 Å². The first-order valence-corrected chi connectivity index (χ1v) is 11.1. The number of anilines is 1. The molecule has 10 heteroatoms. The average molecular weight is 479 g/mol. The molecule has 6 rings (SSSR count). The van der Waals surface area contributed by atoms with Gasteiger partial charge in [-0.05, 0) is 42.0 Å². The lowest BCUT2D eigenvalue weighted by Crippen LogP contribution is -2.19. The third-order valence-corrected chi connectivity index (χ3v) is 5.79. The largest absolute Gasteiger partial charge is 0.306 e. The van der Waals surface area contributed by atoms with Crippen molar-refractivity contribution in [2.75, 3.05) is 5.32 Å². The quantitative estimate of drug-likeness (QED) is 0.395. The van der Waals surface area contributed by atoms with E-state index in [1.54, 1.807) is 37.3 Å². The predicted octanol–water partition coefficient (Wildman–Crippen LogP) is 4.15. The van der Waals surface area contributed by atoms with Crippen molar-refractivity contribution in [2.24, 2.45) is 0 Å². The molecular weight excluding hydrogens is 461 g/mol. The van der Waals surface area contributed by atoms with E-state index in [9.17, 15) is 14.0 Å². The third-order valence-electron chi connectivity index (χ3n) is 5.79. The minimum atomic E-state index is -0.510. The van der Waals surface area contributed by atoms with Crippen LogP contribution in [0.3, 0.4) is 0 Å². The Labute approximate surface area is 202 Å². The summed E-state index contributed by atoms with van der Waals surface area (Å²) in [6.07, 6.45) is 1.33. The summed E-state index contributed by atoms with van der Waals surface area (Å²) >= 11 is 0. The Balaban J connectivity index is 1.42. The van der Waals surface area contributed by atoms with E-state index < -0.39 is 11.4 Å². The van der Waals surface area contributed by atoms with E-state index in [-0.39, 0.29) is 28.6 Å². The van der Waals surface area contributed by atoms with Gasteiger partial charge in [-0.15, -0.1) is 0 Å². The Hall–Kier alpha value is -5.12. The van der Waals surface area contributed by atoms with Gasteiger partial charge in [-0.3, -0.25) is 14.6 Å². The lowest BCUT2D eigenvalue weighted by atomic mass is 10.1. The van der Waals surface area contributed by atoms with Gasteiger partial charge in [0.1, 0.15) is 22.7 Å². The number of hydrogen-bond acceptors (Lipinski definition) is 5. The number of nitrogens with one attached hydrogen (secondary N) is 2. The fraction of sp³-hybridized carbons (Fsp3) is 0.0385. The predicted molar refractivity (Wildman–Crippen MR) is 133 cm³/mol. The number of aromatic amines is 1. The van der Waals surface area contributed by atoms with Gasteiger partial charge >= 0.3 is 0 Å². The van der Waals surface area contributed by atoms with Crippen molar-refractivity contribution in [3.63, 3.8) is 0 Å². The van der Waals surface area contributed by atoms with Crippen LogP contribution in [0.4, 0.5) is 10.2 Å². The van der Waals surface area contributed by atoms with Gasteiger partial charge in [0.15, 0.2) is 5.65 Å². The molecule has 0 spiro atoms. The summed E-state index contributed by atoms with van der Waals surface area (Å²) < 4.78 is 17.0. The molecule has 0 aliphatic heterocycles. The van der Waals surface area contributed by atoms with Gasteiger partial charge in [0.2, 0.25) is 5.95 Å². The molecule has 0 fully saturated rings. The molecule has 0 radical (unpaired) electrons. The second-order valence-electron chi connectivity index (χ2n) is 8.23. The summed E-state index contributed by atoms with van der Waals surface area (Å²) in [6.45, 7) is 1.75. The van der Waals surface area contributed by atoms with Gasteiger partial charge in [0.25, 0.3) is 11.5 Å². The van der Waals surface area contributed by atoms with Crippen LogP contribution in [0, 0.1) is 12.7 Å². The Morgan fingerprint density at radius 1 is 0.972 bits per heavy atom. The molecule has 0 saturated carbocycles. The standard InChI is InChI=1S/C26H18FN7O2/c1-15-12-22(29-24(35)18-11-10-16-6-2-3-7-17(16)13-18)34(32-15)26-30-23-19(25(36)31-26)14-28-33(23)21-9-5-4-8-20(21)27/h2-14H,1H3,(H,29,35)(H,30,31,36). The van der Waals surface area contributed by atoms with Crippen LogP contribution in [-0.4, -0.2) is 35.4 Å². The van der Waals surface area contributed by atoms with Gasteiger partial charge < -0.3 is 5.32 Å². The Kier molecular flexibility index (Phi) is 4.92. The van der Waals surface area contributed by atoms with Crippen molar-refractivity contribution in [1.82, 2.24) is 29.5 Å². The molecule has 0 unspecified atom stereocenters. The first kappa shape index (κ1) is 21.4. The van der Waals surface area contributed by atoms with E-state index in [1.807, 2.05) is 30.3 Å². The average Bonchev–Trinajstić information content (AvgIpc) is 3.47. The minimum absolute atomic E-state index is 0.0486. The molecule has 0 saturated heterocycles. The second kappa shape index (κ2) is 8.27. The van der Waals surface area contributed by atoms with Crippen molar-refractivity contribution in [3.05, 3.63) is 106 Å². The number of para-hydroxylation sites is 1. The van der Waals surface area contributed by atoms with Crippen molar-refractivity contribution in [3.8, 4) is 11.6 Å². The summed E-state index contributed by atoms with van der Waals surface area (Å²) in [5.41, 5.74) is 0.886. The number of fused-ring (bicyclic) bond motifs is 2. The molecule has 6 aromatic rings. The van der Waals surface area contributed by atoms with Gasteiger partial charge in [-0.1, -0.05) is 42.5 Å². The highest BCUT2D eigenvalue weighted by molar-refractivity contribution is 6.06. The highest BCUT2D eigenvalue weighted by Crippen LogP contribution is 2.21. The first-order valence-electron chi connectivity index (χ1n) is 11.1. The number of carbonyl (C=O) groups is 1. The number of hydrogen-bond donors (Lipinski definition) is 2. The summed E-state index contributed by atoms with van der Waals surface area (Å²) in [4.78, 5) is 33.1. The lowest BCUT2D eigenvalue weighted by molar-refractivity contribution is 0.102. The molecule has 1 amide bonds. The maximum atomic E-state index is 14.4. The highest BCUT2D eigenvalue weighted by Gasteiger charge is 2.18. The monoisotopic (exact) mass is 479 g/mol. The molecule has 0 bridgehead atoms. The molecule has 0 aliphatic carbocycles. The van der Waals surface area contributed by atoms with E-state index >= 15 is 0 Å². The Bertz CT molecular complexity index is 1850. The topological polar surface area (TPSA) is 110 Å². The maximum Gasteiger partial charge on any atom is 0.263 e. The van der Waals surface area contributed by atoms with Crippen LogP contribution in [0.25, 0.3) is 33.4 Å². The van der Waals surface area contributed by atoms with Gasteiger partial charge in [0, 0.05) is 11.6 Å². The van der Waals surface area contributed by atoms with Crippen LogP contribution < -0.4 is 10.9 Å². The summed E-state index contributed by atoms with van der Waals surface area (Å²) in [6, 6.07) is 20.9. The van der Waals surface area contributed by atoms with Crippen molar-refractivity contribution in [2.45, 2.75) is 6.92 Å². The fourth-order valence-electron chi connectivity index (χ4n) is 4.08. The van der Waals surface area contributed by atoms with Crippen LogP contribution >= 0.6 is 0 Å². The molecular formula is C26H18FN7O2. The number of rotatable bonds is 4. The molecule has 176 valence electrons. The zero-order valence-electron chi connectivity index (χ0n) is 18.9. The van der Waals surface area contributed by atoms with E-state index in [1.165, 1.54) is 27.7 Å². The van der Waals surface area contributed by atoms with Crippen LogP contribution in [0.15, 0.2) is 83.8 Å². The third kappa shape index (κ3) is 3.61. The number of H-pyrrole nitrogens is 1. The Morgan fingerprint density at radius 2 is 1.75 bits per heavy atom. The number of benzene rings is 3. The number of amides is 1. The van der Waals surface area contributed by atoms with Crippen LogP contribution in [0.2, 0.25) is 0 Å². The summed E-state index contributed by atoms with van der Waals surface area (Å²) in [5.74, 6) is -0.497. The zero-order chi connectivity index (χ0) is 24.8. The van der Waals surface area contributed by atoms with Gasteiger partial charge in [-0.25, -0.2) is 9.07 Å². The number of carbonyl (C=O) groups excluding carboxylic acids is 1. The molecule has 3 aromatic heterocycles. The minimum Gasteiger partial charge on any atom is -0.306 e. The Morgan fingerprint density at radius 3 is 2.58 bits per heavy atom. The van der Waals surface area contributed by atoms with Crippen molar-refractivity contribution >= 4 is 33.5 Å². The summed E-state index contributed by atoms with van der Waals surface area (Å²) in [7, 11) is 0. The molecule has 2 N–H and O–H groups in total. The number of aryl methyl sites for hydroxylation is 1. The lowest BCUT2D eigenvalue weighted by Gasteiger charge is -2.09. The van der Waals surface area contributed by atoms with Gasteiger partial charge in [0.05, 0.1) is 11.9 Å². The number of nitrogens with zero attached hydrogens (tertiary/aromatic N) is 5. The highest BCUT2D eigenvalue weighted by atomic mass is 19.1. The summed E-state index contributed by atoms with van der Waals surface area (Å²) in [5, 5.41) is 13.5. The SMILES string of the molecule is Cc1cc(NC(=O)c2ccc3ccccc3c2)n(-c2nc3c(cnn3-c3ccccc3F)c(=O)[nH]2)n1. The van der Waals surface area contributed by atoms with E-state index in [2.05, 4.69) is 25.5 Å². The number of halogens is 1.